The number of nitrogens with two attached hydrogens (primary N) is 3. The van der Waals surface area contributed by atoms with Crippen molar-refractivity contribution in [1.82, 2.24) is 89.7 Å². The van der Waals surface area contributed by atoms with Gasteiger partial charge in [0.25, 0.3) is 0 Å². The molecule has 0 radical (unpaired) electrons. The predicted molar refractivity (Wildman–Crippen MR) is 568 cm³/mol. The van der Waals surface area contributed by atoms with Gasteiger partial charge < -0.3 is 38.3 Å². The molecule has 700 valence electrons. The van der Waals surface area contributed by atoms with E-state index in [9.17, 15) is 18.3 Å². The molecule has 25 nitrogen and oxygen atoms in total. The number of phenols is 1. The molecule has 10 aromatic carbocycles. The monoisotopic (exact) mass is 1970 g/mol. The van der Waals surface area contributed by atoms with Crippen LogP contribution in [0.3, 0.4) is 0 Å². The van der Waals surface area contributed by atoms with Crippen LogP contribution in [0.25, 0.3) is 166 Å². The van der Waals surface area contributed by atoms with Gasteiger partial charge in [0.1, 0.15) is 77.6 Å². The highest BCUT2D eigenvalue weighted by molar-refractivity contribution is 6.32. The molecular formula is C112H77Cl4F3N24O. The third-order valence-electron chi connectivity index (χ3n) is 23.0. The summed E-state index contributed by atoms with van der Waals surface area (Å²) in [5.41, 5.74) is 43.4. The first-order chi connectivity index (χ1) is 70.2. The second-order valence-corrected chi connectivity index (χ2v) is 34.2. The van der Waals surface area contributed by atoms with Crippen molar-refractivity contribution in [3.63, 3.8) is 0 Å². The molecule has 0 unspecified atom stereocenters. The summed E-state index contributed by atoms with van der Waals surface area (Å²) in [7, 11) is 0. The summed E-state index contributed by atoms with van der Waals surface area (Å²) in [5.74, 6) is 1.74. The van der Waals surface area contributed by atoms with Crippen LogP contribution < -0.4 is 33.2 Å². The number of phenolic OH excluding ortho intramolecular Hbond substituents is 1. The molecule has 0 saturated carbocycles. The van der Waals surface area contributed by atoms with E-state index in [1.54, 1.807) is 110 Å². The number of rotatable bonds is 16. The van der Waals surface area contributed by atoms with E-state index in [1.807, 2.05) is 195 Å². The van der Waals surface area contributed by atoms with Crippen LogP contribution in [0.15, 0.2) is 372 Å². The van der Waals surface area contributed by atoms with Gasteiger partial charge in [0.2, 0.25) is 5.95 Å². The van der Waals surface area contributed by atoms with E-state index >= 15 is 0 Å². The van der Waals surface area contributed by atoms with Gasteiger partial charge in [0.05, 0.1) is 94.9 Å². The lowest BCUT2D eigenvalue weighted by molar-refractivity contribution is 0.475. The molecule has 0 aliphatic heterocycles. The molecular weight excluding hydrogens is 1900 g/mol. The summed E-state index contributed by atoms with van der Waals surface area (Å²) in [6, 6.07) is 87.3. The van der Waals surface area contributed by atoms with Gasteiger partial charge >= 0.3 is 0 Å². The quantitative estimate of drug-likeness (QED) is 0.0472. The van der Waals surface area contributed by atoms with Gasteiger partial charge in [-0.25, -0.2) is 58.0 Å². The Bertz CT molecular complexity index is 8500. The molecule has 0 aliphatic rings. The summed E-state index contributed by atoms with van der Waals surface area (Å²) >= 11 is 24.1. The highest BCUT2D eigenvalue weighted by Crippen LogP contribution is 2.43. The van der Waals surface area contributed by atoms with Gasteiger partial charge in [-0.05, 0) is 248 Å². The lowest BCUT2D eigenvalue weighted by Gasteiger charge is -2.12. The molecule has 13 heterocycles. The summed E-state index contributed by atoms with van der Waals surface area (Å²) in [4.78, 5) is 78.2. The minimum Gasteiger partial charge on any atom is -0.508 e. The topological polar surface area (TPSA) is 366 Å². The van der Waals surface area contributed by atoms with Gasteiger partial charge in [-0.2, -0.15) is 4.98 Å². The number of anilines is 9. The number of hydrogen-bond donors (Lipinski definition) is 7. The molecule has 0 aliphatic carbocycles. The first kappa shape index (κ1) is 94.6. The number of fused-ring (bicyclic) bond motifs is 5. The number of benzene rings is 10. The highest BCUT2D eigenvalue weighted by Gasteiger charge is 2.21. The van der Waals surface area contributed by atoms with Crippen LogP contribution in [0, 0.1) is 31.3 Å². The van der Waals surface area contributed by atoms with E-state index in [-0.39, 0.29) is 26.8 Å². The van der Waals surface area contributed by atoms with Crippen molar-refractivity contribution in [2.24, 2.45) is 0 Å². The van der Waals surface area contributed by atoms with E-state index in [2.05, 4.69) is 137 Å². The van der Waals surface area contributed by atoms with Crippen molar-refractivity contribution in [2.45, 2.75) is 13.8 Å². The van der Waals surface area contributed by atoms with E-state index in [1.165, 1.54) is 55.1 Å². The number of halogens is 7. The standard InChI is InChI=1S/C25H17ClFN5.2C24H15ClFN5.C20H17N5.C19H13ClN4O/c1-15-4-7-18(13-29-15)32-25-20-11-16(6-9-23(20)30-14-31-25)19-3-2-10-28-24(19)17-5-8-22(27)21(26)12-17;25-20-12-16(5-7-21(20)26)23-18(4-2-10-28-23)15-6-8-22-19(11-15)24(30-14-29-22)31-17-3-1-9-27-13-17;25-20-13-16(3-5-21(20)26)23-18(2-1-9-28-23)15-4-6-22-19(12-15)24(30-14-29-22)31-17-7-10-27-11-8-17;1-12-4-2-5-14(10-12)18-15(6-3-9-23-18)13-7-8-16-17(11-13)24-20(22)25-19(16)21;20-13-6-12(7-14(25)9-13)18-15(2-1-5-22-18)11-3-4-17-16(8-11)19(21)24-10-23-17/h2-14H,1H3,(H,30,31,32);1-14H,(H,29,30,31);1-14H,(H,27,29,30,31);2-11H,1H3,(H4,21,22,24,25);1-10,25H,(H2,21,23,24). The minimum atomic E-state index is -0.461. The summed E-state index contributed by atoms with van der Waals surface area (Å²) in [5, 5.41) is 24.6. The molecule has 23 rings (SSSR count). The molecule has 32 heteroatoms. The number of aryl methyl sites for hydroxylation is 2. The fourth-order valence-electron chi connectivity index (χ4n) is 16.2. The van der Waals surface area contributed by atoms with Crippen molar-refractivity contribution >= 4 is 153 Å². The van der Waals surface area contributed by atoms with Gasteiger partial charge in [-0.15, -0.1) is 0 Å². The lowest BCUT2D eigenvalue weighted by atomic mass is 9.97. The molecule has 0 atom stereocenters. The van der Waals surface area contributed by atoms with Crippen molar-refractivity contribution in [3.05, 3.63) is 421 Å². The van der Waals surface area contributed by atoms with Crippen LogP contribution in [0.1, 0.15) is 11.3 Å². The molecule has 10 N–H and O–H groups in total. The van der Waals surface area contributed by atoms with Crippen molar-refractivity contribution in [1.29, 1.82) is 0 Å². The zero-order chi connectivity index (χ0) is 99.3. The maximum Gasteiger partial charge on any atom is 0.222 e. The van der Waals surface area contributed by atoms with Crippen LogP contribution in [0.2, 0.25) is 20.1 Å². The van der Waals surface area contributed by atoms with E-state index in [0.717, 1.165) is 172 Å². The summed E-state index contributed by atoms with van der Waals surface area (Å²) in [6.07, 6.45) is 23.3. The Morgan fingerprint density at radius 3 is 1.10 bits per heavy atom. The van der Waals surface area contributed by atoms with Crippen LogP contribution in [-0.4, -0.2) is 94.8 Å². The van der Waals surface area contributed by atoms with Crippen LogP contribution >= 0.6 is 46.4 Å². The zero-order valence-corrected chi connectivity index (χ0v) is 79.1. The van der Waals surface area contributed by atoms with E-state index in [4.69, 9.17) is 63.6 Å². The van der Waals surface area contributed by atoms with Gasteiger partial charge in [0.15, 0.2) is 0 Å². The van der Waals surface area contributed by atoms with Gasteiger partial charge in [-0.3, -0.25) is 39.9 Å². The summed E-state index contributed by atoms with van der Waals surface area (Å²) in [6.45, 7) is 4.01. The third kappa shape index (κ3) is 21.7. The van der Waals surface area contributed by atoms with Gasteiger partial charge in [0, 0.05) is 149 Å². The Hall–Kier alpha value is -18.4. The zero-order valence-electron chi connectivity index (χ0n) is 76.1. The highest BCUT2D eigenvalue weighted by atomic mass is 35.5. The average Bonchev–Trinajstić information content (AvgIpc) is 0.721. The molecule has 23 aromatic rings. The Kier molecular flexibility index (Phi) is 28.2. The van der Waals surface area contributed by atoms with Crippen LogP contribution in [0.5, 0.6) is 5.75 Å². The lowest BCUT2D eigenvalue weighted by Crippen LogP contribution is -2.00. The number of hydrogen-bond acceptors (Lipinski definition) is 25. The Morgan fingerprint density at radius 2 is 0.674 bits per heavy atom. The van der Waals surface area contributed by atoms with Gasteiger partial charge in [-0.1, -0.05) is 131 Å². The maximum atomic E-state index is 13.7. The summed E-state index contributed by atoms with van der Waals surface area (Å²) < 4.78 is 41.0. The normalized spacial score (nSPS) is 10.9. The smallest absolute Gasteiger partial charge is 0.222 e. The Morgan fingerprint density at radius 1 is 0.271 bits per heavy atom. The fourth-order valence-corrected chi connectivity index (χ4v) is 16.9. The first-order valence-corrected chi connectivity index (χ1v) is 46.0. The molecule has 0 spiro atoms. The predicted octanol–water partition coefficient (Wildman–Crippen LogP) is 27.3. The van der Waals surface area contributed by atoms with Crippen LogP contribution in [-0.2, 0) is 0 Å². The number of nitrogen functional groups attached to an aromatic ring is 3. The molecule has 13 aromatic heterocycles. The minimum absolute atomic E-state index is 0.0592. The molecule has 144 heavy (non-hydrogen) atoms. The Balaban J connectivity index is 0.000000114. The largest absolute Gasteiger partial charge is 0.508 e. The average molecular weight is 1970 g/mol. The van der Waals surface area contributed by atoms with E-state index in [0.29, 0.717) is 51.2 Å². The number of aromatic hydroxyl groups is 1. The third-order valence-corrected chi connectivity index (χ3v) is 24.1. The molecule has 0 fully saturated rings. The van der Waals surface area contributed by atoms with Crippen molar-refractivity contribution < 1.29 is 18.3 Å². The number of nitrogens with one attached hydrogen (secondary N) is 3. The van der Waals surface area contributed by atoms with Crippen LogP contribution in [0.4, 0.5) is 65.3 Å². The van der Waals surface area contributed by atoms with Crippen molar-refractivity contribution in [3.8, 4) is 118 Å². The maximum absolute atomic E-state index is 13.7. The second-order valence-electron chi connectivity index (χ2n) is 32.5. The molecule has 0 bridgehead atoms. The number of pyridine rings is 8. The SMILES string of the molecule is Cc1ccc(Nc2ncnc3ccc(-c4cccnc4-c4ccc(F)c(Cl)c4)cc23)cn1.Cc1cccc(-c2ncccc2-c2ccc3c(N)nc(N)nc3c2)c1.Fc1ccc(-c2ncccc2-c2ccc3ncnc(Nc4cccnc4)c3c2)cc1Cl.Fc1ccc(-c2ncccc2-c2ccc3ncnc(Nc4ccncc4)c3c2)cc1Cl.Nc1ncnc2ccc(-c3cccnc3-c3cc(O)cc(Cl)c3)cc12. The molecule has 0 amide bonds. The first-order valence-electron chi connectivity index (χ1n) is 44.5. The molecule has 0 saturated heterocycles. The Labute approximate surface area is 841 Å². The van der Waals surface area contributed by atoms with Crippen molar-refractivity contribution in [2.75, 3.05) is 33.2 Å². The fraction of sp³-hybridized carbons (Fsp3) is 0.0179. The van der Waals surface area contributed by atoms with E-state index < -0.39 is 17.5 Å². The number of aromatic nitrogens is 18. The number of nitrogens with zero attached hydrogens (tertiary/aromatic N) is 18. The second kappa shape index (κ2) is 42.9.